The van der Waals surface area contributed by atoms with E-state index in [1.165, 1.54) is 0 Å². The van der Waals surface area contributed by atoms with E-state index in [1.807, 2.05) is 34.0 Å². The van der Waals surface area contributed by atoms with Gasteiger partial charge < -0.3 is 4.74 Å². The van der Waals surface area contributed by atoms with Crippen LogP contribution in [0.2, 0.25) is 0 Å². The van der Waals surface area contributed by atoms with Crippen molar-refractivity contribution in [2.75, 3.05) is 0 Å². The Morgan fingerprint density at radius 3 is 2.75 bits per heavy atom. The zero-order valence-corrected chi connectivity index (χ0v) is 10.1. The Morgan fingerprint density at radius 1 is 1.56 bits per heavy atom. The molecule has 0 unspecified atom stereocenters. The molecule has 0 aliphatic heterocycles. The number of nitrogens with zero attached hydrogens (tertiary/aromatic N) is 3. The third-order valence-corrected chi connectivity index (χ3v) is 2.50. The molecule has 0 spiro atoms. The quantitative estimate of drug-likeness (QED) is 0.708. The summed E-state index contributed by atoms with van der Waals surface area (Å²) in [5.41, 5.74) is 0.477. The van der Waals surface area contributed by atoms with Gasteiger partial charge in [-0.3, -0.25) is 9.48 Å². The Balaban J connectivity index is 1.94. The third kappa shape index (κ3) is 2.40. The minimum absolute atomic E-state index is 0.0316. The van der Waals surface area contributed by atoms with E-state index in [-0.39, 0.29) is 17.8 Å². The van der Waals surface area contributed by atoms with Crippen LogP contribution < -0.4 is 0 Å². The highest BCUT2D eigenvalue weighted by molar-refractivity contribution is 5.77. The van der Waals surface area contributed by atoms with E-state index in [2.05, 4.69) is 10.3 Å². The number of esters is 1. The number of aryl methyl sites for hydroxylation is 1. The van der Waals surface area contributed by atoms with Crippen molar-refractivity contribution in [1.82, 2.24) is 15.0 Å². The lowest BCUT2D eigenvalue weighted by atomic mass is 10.2. The number of hydrogen-bond donors (Lipinski definition) is 0. The predicted molar refractivity (Wildman–Crippen MR) is 57.7 cm³/mol. The van der Waals surface area contributed by atoms with Crippen molar-refractivity contribution in [3.63, 3.8) is 0 Å². The van der Waals surface area contributed by atoms with E-state index in [0.717, 1.165) is 12.1 Å². The van der Waals surface area contributed by atoms with E-state index >= 15 is 0 Å². The molecule has 2 atom stereocenters. The zero-order chi connectivity index (χ0) is 11.9. The molecule has 88 valence electrons. The van der Waals surface area contributed by atoms with E-state index in [1.54, 1.807) is 4.68 Å². The summed E-state index contributed by atoms with van der Waals surface area (Å²) in [5, 5.41) is 7.87. The SMILES string of the molecule is Cn1cc([C@@H]2C[C@H]2C(=O)OC(C)(C)C)nn1. The molecular formula is C11H17N3O2. The Labute approximate surface area is 94.8 Å². The largest absolute Gasteiger partial charge is 0.460 e. The minimum atomic E-state index is -0.410. The lowest BCUT2D eigenvalue weighted by Gasteiger charge is -2.19. The van der Waals surface area contributed by atoms with Gasteiger partial charge in [0.1, 0.15) is 5.60 Å². The average molecular weight is 223 g/mol. The smallest absolute Gasteiger partial charge is 0.310 e. The Bertz CT molecular complexity index is 406. The molecule has 0 aromatic carbocycles. The standard InChI is InChI=1S/C11H17N3O2/c1-11(2,3)16-10(15)8-5-7(8)9-6-14(4)13-12-9/h6-8H,5H2,1-4H3/t7-,8-/m1/s1. The second-order valence-electron chi connectivity index (χ2n) is 5.30. The van der Waals surface area contributed by atoms with Gasteiger partial charge in [-0.1, -0.05) is 5.21 Å². The lowest BCUT2D eigenvalue weighted by Crippen LogP contribution is -2.25. The van der Waals surface area contributed by atoms with Gasteiger partial charge in [-0.15, -0.1) is 5.10 Å². The van der Waals surface area contributed by atoms with Gasteiger partial charge in [0.25, 0.3) is 0 Å². The predicted octanol–water partition coefficient (Wildman–Crippen LogP) is 1.26. The maximum absolute atomic E-state index is 11.7. The molecule has 0 bridgehead atoms. The molecule has 0 saturated heterocycles. The van der Waals surface area contributed by atoms with Crippen LogP contribution in [0.5, 0.6) is 0 Å². The third-order valence-electron chi connectivity index (χ3n) is 2.50. The summed E-state index contributed by atoms with van der Waals surface area (Å²) >= 11 is 0. The van der Waals surface area contributed by atoms with Crippen LogP contribution in [0.3, 0.4) is 0 Å². The van der Waals surface area contributed by atoms with Gasteiger partial charge in [-0.25, -0.2) is 0 Å². The number of aromatic nitrogens is 3. The number of hydrogen-bond acceptors (Lipinski definition) is 4. The molecule has 1 saturated carbocycles. The molecule has 5 heteroatoms. The van der Waals surface area contributed by atoms with Crippen molar-refractivity contribution < 1.29 is 9.53 Å². The van der Waals surface area contributed by atoms with Crippen molar-refractivity contribution >= 4 is 5.97 Å². The van der Waals surface area contributed by atoms with Crippen molar-refractivity contribution in [1.29, 1.82) is 0 Å². The molecule has 2 rings (SSSR count). The molecule has 0 amide bonds. The summed E-state index contributed by atoms with van der Waals surface area (Å²) in [6.07, 6.45) is 2.68. The summed E-state index contributed by atoms with van der Waals surface area (Å²) in [6.45, 7) is 5.64. The molecule has 1 fully saturated rings. The van der Waals surface area contributed by atoms with Crippen LogP contribution in [0.4, 0.5) is 0 Å². The number of rotatable bonds is 2. The molecule has 1 heterocycles. The Hall–Kier alpha value is -1.39. The molecule has 0 N–H and O–H groups in total. The summed E-state index contributed by atoms with van der Waals surface area (Å²) in [7, 11) is 1.82. The summed E-state index contributed by atoms with van der Waals surface area (Å²) in [5.74, 6) is 0.0441. The fourth-order valence-corrected chi connectivity index (χ4v) is 1.69. The van der Waals surface area contributed by atoms with Crippen LogP contribution in [-0.2, 0) is 16.6 Å². The van der Waals surface area contributed by atoms with Gasteiger partial charge in [-0.05, 0) is 27.2 Å². The molecule has 0 radical (unpaired) electrons. The van der Waals surface area contributed by atoms with Crippen LogP contribution in [0, 0.1) is 5.92 Å². The number of ether oxygens (including phenoxy) is 1. The van der Waals surface area contributed by atoms with Crippen molar-refractivity contribution in [3.05, 3.63) is 11.9 Å². The maximum Gasteiger partial charge on any atom is 0.310 e. The van der Waals surface area contributed by atoms with E-state index in [0.29, 0.717) is 0 Å². The molecule has 1 aromatic rings. The number of carbonyl (C=O) groups excluding carboxylic acids is 1. The molecule has 5 nitrogen and oxygen atoms in total. The van der Waals surface area contributed by atoms with Crippen LogP contribution in [-0.4, -0.2) is 26.6 Å². The zero-order valence-electron chi connectivity index (χ0n) is 10.1. The maximum atomic E-state index is 11.7. The van der Waals surface area contributed by atoms with Crippen molar-refractivity contribution in [2.24, 2.45) is 13.0 Å². The van der Waals surface area contributed by atoms with Crippen LogP contribution >= 0.6 is 0 Å². The van der Waals surface area contributed by atoms with E-state index < -0.39 is 5.60 Å². The van der Waals surface area contributed by atoms with Crippen molar-refractivity contribution in [3.8, 4) is 0 Å². The molecule has 1 aliphatic carbocycles. The fourth-order valence-electron chi connectivity index (χ4n) is 1.69. The first-order chi connectivity index (χ1) is 7.37. The van der Waals surface area contributed by atoms with Crippen LogP contribution in [0.1, 0.15) is 38.8 Å². The fraction of sp³-hybridized carbons (Fsp3) is 0.727. The molecule has 1 aromatic heterocycles. The van der Waals surface area contributed by atoms with Gasteiger partial charge in [0, 0.05) is 19.2 Å². The van der Waals surface area contributed by atoms with Gasteiger partial charge in [-0.2, -0.15) is 0 Å². The van der Waals surface area contributed by atoms with Gasteiger partial charge >= 0.3 is 5.97 Å². The highest BCUT2D eigenvalue weighted by Crippen LogP contribution is 2.47. The second kappa shape index (κ2) is 3.57. The summed E-state index contributed by atoms with van der Waals surface area (Å²) in [6, 6.07) is 0. The topological polar surface area (TPSA) is 57.0 Å². The van der Waals surface area contributed by atoms with Crippen molar-refractivity contribution in [2.45, 2.75) is 38.7 Å². The molecule has 1 aliphatic rings. The highest BCUT2D eigenvalue weighted by Gasteiger charge is 2.47. The second-order valence-corrected chi connectivity index (χ2v) is 5.30. The first kappa shape index (κ1) is 11.1. The summed E-state index contributed by atoms with van der Waals surface area (Å²) in [4.78, 5) is 11.7. The molecule has 16 heavy (non-hydrogen) atoms. The Kier molecular flexibility index (Phi) is 2.48. The van der Waals surface area contributed by atoms with Gasteiger partial charge in [0.2, 0.25) is 0 Å². The Morgan fingerprint density at radius 2 is 2.25 bits per heavy atom. The lowest BCUT2D eigenvalue weighted by molar-refractivity contribution is -0.156. The molecular weight excluding hydrogens is 206 g/mol. The normalized spacial score (nSPS) is 24.2. The van der Waals surface area contributed by atoms with E-state index in [9.17, 15) is 4.79 Å². The highest BCUT2D eigenvalue weighted by atomic mass is 16.6. The average Bonchev–Trinajstić information content (AvgIpc) is 2.81. The van der Waals surface area contributed by atoms with Crippen LogP contribution in [0.15, 0.2) is 6.20 Å². The van der Waals surface area contributed by atoms with Crippen LogP contribution in [0.25, 0.3) is 0 Å². The van der Waals surface area contributed by atoms with E-state index in [4.69, 9.17) is 4.74 Å². The summed E-state index contributed by atoms with van der Waals surface area (Å²) < 4.78 is 6.98. The van der Waals surface area contributed by atoms with Gasteiger partial charge in [0.05, 0.1) is 11.6 Å². The monoisotopic (exact) mass is 223 g/mol. The van der Waals surface area contributed by atoms with Gasteiger partial charge in [0.15, 0.2) is 0 Å². The minimum Gasteiger partial charge on any atom is -0.460 e. The first-order valence-corrected chi connectivity index (χ1v) is 5.46. The number of carbonyl (C=O) groups is 1. The first-order valence-electron chi connectivity index (χ1n) is 5.46.